The Morgan fingerprint density at radius 2 is 0.963 bits per heavy atom. The van der Waals surface area contributed by atoms with E-state index in [1.807, 2.05) is 0 Å². The topological polar surface area (TPSA) is 13.1 Å². The molecule has 2 aliphatic rings. The van der Waals surface area contributed by atoms with Gasteiger partial charge < -0.3 is 4.42 Å². The molecule has 1 aromatic heterocycles. The SMILES string of the molecule is c1ccc2c(c1)Cc1ccc3oc4ccc5c(c4c3c1-2)-c1ccccc1C5. The van der Waals surface area contributed by atoms with Crippen LogP contribution < -0.4 is 0 Å². The lowest BCUT2D eigenvalue weighted by Crippen LogP contribution is -1.83. The molecule has 0 fully saturated rings. The maximum atomic E-state index is 6.33. The van der Waals surface area contributed by atoms with Gasteiger partial charge in [-0.2, -0.15) is 0 Å². The van der Waals surface area contributed by atoms with E-state index in [2.05, 4.69) is 72.8 Å². The summed E-state index contributed by atoms with van der Waals surface area (Å²) >= 11 is 0. The number of hydrogen-bond donors (Lipinski definition) is 0. The second-order valence-electron chi connectivity index (χ2n) is 7.72. The van der Waals surface area contributed by atoms with Crippen LogP contribution in [0.25, 0.3) is 44.2 Å². The Bertz CT molecular complexity index is 1310. The summed E-state index contributed by atoms with van der Waals surface area (Å²) in [6.07, 6.45) is 2.03. The van der Waals surface area contributed by atoms with Gasteiger partial charge in [-0.15, -0.1) is 0 Å². The molecule has 0 bridgehead atoms. The van der Waals surface area contributed by atoms with E-state index in [0.29, 0.717) is 0 Å². The summed E-state index contributed by atoms with van der Waals surface area (Å²) in [7, 11) is 0. The van der Waals surface area contributed by atoms with Crippen molar-refractivity contribution in [1.82, 2.24) is 0 Å². The summed E-state index contributed by atoms with van der Waals surface area (Å²) in [5.74, 6) is 0. The number of fused-ring (bicyclic) bond motifs is 11. The third kappa shape index (κ3) is 1.65. The average molecular weight is 344 g/mol. The molecular weight excluding hydrogens is 328 g/mol. The summed E-state index contributed by atoms with van der Waals surface area (Å²) in [6.45, 7) is 0. The van der Waals surface area contributed by atoms with Crippen LogP contribution in [0.15, 0.2) is 77.2 Å². The molecule has 0 aliphatic heterocycles. The highest BCUT2D eigenvalue weighted by molar-refractivity contribution is 6.20. The lowest BCUT2D eigenvalue weighted by atomic mass is 9.94. The summed E-state index contributed by atoms with van der Waals surface area (Å²) in [5.41, 5.74) is 13.1. The second kappa shape index (κ2) is 4.69. The fraction of sp³-hybridized carbons (Fsp3) is 0.0769. The predicted molar refractivity (Wildman–Crippen MR) is 110 cm³/mol. The monoisotopic (exact) mass is 344 g/mol. The molecule has 1 heterocycles. The van der Waals surface area contributed by atoms with Gasteiger partial charge in [0.1, 0.15) is 11.2 Å². The maximum Gasteiger partial charge on any atom is 0.136 e. The molecule has 7 rings (SSSR count). The molecule has 0 atom stereocenters. The van der Waals surface area contributed by atoms with Crippen molar-refractivity contribution in [2.24, 2.45) is 0 Å². The highest BCUT2D eigenvalue weighted by Crippen LogP contribution is 2.50. The van der Waals surface area contributed by atoms with Crippen molar-refractivity contribution in [2.45, 2.75) is 12.8 Å². The van der Waals surface area contributed by atoms with Crippen LogP contribution in [0, 0.1) is 0 Å². The molecule has 0 spiro atoms. The average Bonchev–Trinajstić information content (AvgIpc) is 3.37. The Balaban J connectivity index is 1.71. The van der Waals surface area contributed by atoms with Crippen LogP contribution in [0.3, 0.4) is 0 Å². The van der Waals surface area contributed by atoms with Crippen molar-refractivity contribution >= 4 is 21.9 Å². The lowest BCUT2D eigenvalue weighted by molar-refractivity contribution is 0.669. The molecule has 0 unspecified atom stereocenters. The zero-order valence-electron chi connectivity index (χ0n) is 14.8. The van der Waals surface area contributed by atoms with Gasteiger partial charge >= 0.3 is 0 Å². The molecule has 5 aromatic rings. The largest absolute Gasteiger partial charge is 0.456 e. The van der Waals surface area contributed by atoms with Crippen LogP contribution in [-0.2, 0) is 12.8 Å². The first-order valence-electron chi connectivity index (χ1n) is 9.55. The molecule has 0 radical (unpaired) electrons. The fourth-order valence-corrected chi connectivity index (χ4v) is 5.20. The third-order valence-electron chi connectivity index (χ3n) is 6.31. The Hall–Kier alpha value is -3.32. The van der Waals surface area contributed by atoms with Gasteiger partial charge in [-0.05, 0) is 69.5 Å². The van der Waals surface area contributed by atoms with Crippen LogP contribution in [0.5, 0.6) is 0 Å². The second-order valence-corrected chi connectivity index (χ2v) is 7.72. The van der Waals surface area contributed by atoms with E-state index in [1.54, 1.807) is 0 Å². The van der Waals surface area contributed by atoms with Crippen molar-refractivity contribution < 1.29 is 4.42 Å². The van der Waals surface area contributed by atoms with Crippen LogP contribution in [0.1, 0.15) is 22.3 Å². The standard InChI is InChI=1S/C26H16O/c1-3-7-19-15(5-1)13-17-9-11-21-25(23(17)19)26-22(27-21)12-10-18-14-16-6-2-4-8-20(16)24(18)26/h1-12H,13-14H2. The zero-order chi connectivity index (χ0) is 17.5. The molecule has 2 aliphatic carbocycles. The van der Waals surface area contributed by atoms with E-state index < -0.39 is 0 Å². The normalized spacial score (nSPS) is 13.6. The van der Waals surface area contributed by atoms with Crippen LogP contribution >= 0.6 is 0 Å². The van der Waals surface area contributed by atoms with Crippen molar-refractivity contribution in [2.75, 3.05) is 0 Å². The molecule has 0 amide bonds. The predicted octanol–water partition coefficient (Wildman–Crippen LogP) is 6.73. The van der Waals surface area contributed by atoms with Gasteiger partial charge in [-0.3, -0.25) is 0 Å². The van der Waals surface area contributed by atoms with E-state index in [-0.39, 0.29) is 0 Å². The number of furan rings is 1. The molecule has 1 nitrogen and oxygen atoms in total. The molecule has 0 saturated carbocycles. The van der Waals surface area contributed by atoms with Crippen molar-refractivity contribution in [1.29, 1.82) is 0 Å². The summed E-state index contributed by atoms with van der Waals surface area (Å²) < 4.78 is 6.33. The first-order valence-corrected chi connectivity index (χ1v) is 9.55. The van der Waals surface area contributed by atoms with E-state index in [4.69, 9.17) is 4.42 Å². The summed E-state index contributed by atoms with van der Waals surface area (Å²) in [5, 5.41) is 2.59. The minimum atomic E-state index is 0.998. The zero-order valence-corrected chi connectivity index (χ0v) is 14.8. The van der Waals surface area contributed by atoms with Crippen LogP contribution in [-0.4, -0.2) is 0 Å². The van der Waals surface area contributed by atoms with Gasteiger partial charge in [0.15, 0.2) is 0 Å². The van der Waals surface area contributed by atoms with Crippen molar-refractivity contribution in [3.05, 3.63) is 95.1 Å². The first-order chi connectivity index (χ1) is 13.4. The smallest absolute Gasteiger partial charge is 0.136 e. The minimum Gasteiger partial charge on any atom is -0.456 e. The Morgan fingerprint density at radius 1 is 0.481 bits per heavy atom. The number of benzene rings is 4. The number of hydrogen-bond acceptors (Lipinski definition) is 1. The van der Waals surface area contributed by atoms with E-state index in [1.165, 1.54) is 55.3 Å². The lowest BCUT2D eigenvalue weighted by Gasteiger charge is -2.07. The summed E-state index contributed by atoms with van der Waals surface area (Å²) in [6, 6.07) is 26.4. The van der Waals surface area contributed by atoms with Gasteiger partial charge in [0.05, 0.1) is 0 Å². The highest BCUT2D eigenvalue weighted by atomic mass is 16.3. The Kier molecular flexibility index (Phi) is 2.40. The molecular formula is C26H16O. The molecule has 1 heteroatoms. The van der Waals surface area contributed by atoms with Crippen LogP contribution in [0.4, 0.5) is 0 Å². The third-order valence-corrected chi connectivity index (χ3v) is 6.31. The highest BCUT2D eigenvalue weighted by Gasteiger charge is 2.28. The molecule has 27 heavy (non-hydrogen) atoms. The minimum absolute atomic E-state index is 0.998. The quantitative estimate of drug-likeness (QED) is 0.297. The maximum absolute atomic E-state index is 6.33. The van der Waals surface area contributed by atoms with Gasteiger partial charge in [-0.25, -0.2) is 0 Å². The fourth-order valence-electron chi connectivity index (χ4n) is 5.20. The van der Waals surface area contributed by atoms with Crippen LogP contribution in [0.2, 0.25) is 0 Å². The van der Waals surface area contributed by atoms with E-state index in [9.17, 15) is 0 Å². The molecule has 126 valence electrons. The molecule has 0 N–H and O–H groups in total. The van der Waals surface area contributed by atoms with E-state index >= 15 is 0 Å². The van der Waals surface area contributed by atoms with Gasteiger partial charge in [-0.1, -0.05) is 60.7 Å². The first kappa shape index (κ1) is 13.8. The molecule has 0 saturated heterocycles. The van der Waals surface area contributed by atoms with Gasteiger partial charge in [0, 0.05) is 10.8 Å². The van der Waals surface area contributed by atoms with Crippen molar-refractivity contribution in [3.8, 4) is 22.3 Å². The summed E-state index contributed by atoms with van der Waals surface area (Å²) in [4.78, 5) is 0. The van der Waals surface area contributed by atoms with Gasteiger partial charge in [0.2, 0.25) is 0 Å². The van der Waals surface area contributed by atoms with E-state index in [0.717, 1.165) is 24.0 Å². The van der Waals surface area contributed by atoms with Crippen molar-refractivity contribution in [3.63, 3.8) is 0 Å². The number of rotatable bonds is 0. The van der Waals surface area contributed by atoms with Gasteiger partial charge in [0.25, 0.3) is 0 Å². The Labute approximate surface area is 156 Å². The molecule has 4 aromatic carbocycles. The Morgan fingerprint density at radius 3 is 1.48 bits per heavy atom.